The van der Waals surface area contributed by atoms with E-state index >= 15 is 0 Å². The number of ketones is 2. The summed E-state index contributed by atoms with van der Waals surface area (Å²) in [6.45, 7) is 2.90. The number of carbonyl (C=O) groups excluding carboxylic acids is 2. The monoisotopic (exact) mass is 439 g/mol. The first-order valence-corrected chi connectivity index (χ1v) is 10.8. The fourth-order valence-corrected chi connectivity index (χ4v) is 3.15. The van der Waals surface area contributed by atoms with Gasteiger partial charge in [0.05, 0.1) is 18.3 Å². The molecule has 2 rings (SSSR count). The molecule has 0 fully saturated rings. The summed E-state index contributed by atoms with van der Waals surface area (Å²) in [6.07, 6.45) is 2.06. The van der Waals surface area contributed by atoms with E-state index in [0.717, 1.165) is 17.4 Å². The lowest BCUT2D eigenvalue weighted by atomic mass is 10.0. The van der Waals surface area contributed by atoms with Crippen LogP contribution in [0.4, 0.5) is 0 Å². The quantitative estimate of drug-likeness (QED) is 0.542. The highest BCUT2D eigenvalue weighted by atomic mass is 35.5. The SMILES string of the molecule is CC(=O)C(Cc1ccccc1)NS(C)(=O)=O.CC(=O)C(N)Cc1ccccc1.[Cl-]. The van der Waals surface area contributed by atoms with Crippen molar-refractivity contribution in [2.24, 2.45) is 5.73 Å². The van der Waals surface area contributed by atoms with Gasteiger partial charge in [-0.15, -0.1) is 0 Å². The molecule has 3 N–H and O–H groups in total. The minimum absolute atomic E-state index is 0. The maximum absolute atomic E-state index is 11.3. The van der Waals surface area contributed by atoms with Crippen LogP contribution in [0.25, 0.3) is 0 Å². The highest BCUT2D eigenvalue weighted by Crippen LogP contribution is 2.05. The number of nitrogens with one attached hydrogen (secondary N) is 1. The summed E-state index contributed by atoms with van der Waals surface area (Å²) >= 11 is 0. The maximum atomic E-state index is 11.3. The van der Waals surface area contributed by atoms with Crippen LogP contribution in [0.1, 0.15) is 25.0 Å². The Morgan fingerprint density at radius 3 is 1.62 bits per heavy atom. The smallest absolute Gasteiger partial charge is 0.209 e. The van der Waals surface area contributed by atoms with Crippen molar-refractivity contribution in [1.82, 2.24) is 4.72 Å². The topological polar surface area (TPSA) is 106 Å². The number of benzene rings is 2. The van der Waals surface area contributed by atoms with Crippen LogP contribution in [0.2, 0.25) is 0 Å². The van der Waals surface area contributed by atoms with Gasteiger partial charge in [-0.3, -0.25) is 9.59 Å². The Balaban J connectivity index is 0.000000542. The molecule has 0 aliphatic rings. The zero-order valence-corrected chi connectivity index (χ0v) is 18.4. The Morgan fingerprint density at radius 1 is 0.862 bits per heavy atom. The number of sulfonamides is 1. The fraction of sp³-hybridized carbons (Fsp3) is 0.333. The Morgan fingerprint density at radius 2 is 1.28 bits per heavy atom. The highest BCUT2D eigenvalue weighted by molar-refractivity contribution is 7.88. The van der Waals surface area contributed by atoms with Crippen molar-refractivity contribution < 1.29 is 30.4 Å². The van der Waals surface area contributed by atoms with Crippen molar-refractivity contribution in [2.75, 3.05) is 6.26 Å². The van der Waals surface area contributed by atoms with Gasteiger partial charge in [0.1, 0.15) is 11.6 Å². The molecule has 29 heavy (non-hydrogen) atoms. The molecule has 6 nitrogen and oxygen atoms in total. The molecular weight excluding hydrogens is 412 g/mol. The largest absolute Gasteiger partial charge is 1.00 e. The first-order valence-electron chi connectivity index (χ1n) is 8.90. The number of halogens is 1. The number of Topliss-reactive ketones (excluding diaryl/α,β-unsaturated/α-hetero) is 2. The van der Waals surface area contributed by atoms with Gasteiger partial charge in [-0.05, 0) is 37.8 Å². The Kier molecular flexibility index (Phi) is 12.3. The van der Waals surface area contributed by atoms with E-state index in [1.165, 1.54) is 13.8 Å². The summed E-state index contributed by atoms with van der Waals surface area (Å²) < 4.78 is 24.5. The van der Waals surface area contributed by atoms with Gasteiger partial charge in [-0.1, -0.05) is 60.7 Å². The van der Waals surface area contributed by atoms with Crippen molar-refractivity contribution in [3.05, 3.63) is 71.8 Å². The van der Waals surface area contributed by atoms with Crippen molar-refractivity contribution in [2.45, 2.75) is 38.8 Å². The van der Waals surface area contributed by atoms with Crippen LogP contribution in [0.5, 0.6) is 0 Å². The van der Waals surface area contributed by atoms with Crippen LogP contribution < -0.4 is 22.9 Å². The number of hydrogen-bond acceptors (Lipinski definition) is 5. The van der Waals surface area contributed by atoms with Gasteiger partial charge in [-0.25, -0.2) is 13.1 Å². The van der Waals surface area contributed by atoms with E-state index in [1.54, 1.807) is 0 Å². The third-order valence-corrected chi connectivity index (χ3v) is 4.66. The van der Waals surface area contributed by atoms with Gasteiger partial charge in [0.2, 0.25) is 10.0 Å². The lowest BCUT2D eigenvalue weighted by Gasteiger charge is -2.14. The molecule has 0 spiro atoms. The second-order valence-corrected chi connectivity index (χ2v) is 8.43. The van der Waals surface area contributed by atoms with Crippen LogP contribution >= 0.6 is 0 Å². The molecule has 0 saturated heterocycles. The molecule has 2 aromatic carbocycles. The number of carbonyl (C=O) groups is 2. The van der Waals surface area contributed by atoms with Crippen molar-refractivity contribution in [3.63, 3.8) is 0 Å². The normalized spacial score (nSPS) is 12.6. The van der Waals surface area contributed by atoms with Gasteiger partial charge in [0.15, 0.2) is 0 Å². The van der Waals surface area contributed by atoms with Gasteiger partial charge >= 0.3 is 0 Å². The molecule has 0 aliphatic carbocycles. The van der Waals surface area contributed by atoms with Crippen molar-refractivity contribution in [3.8, 4) is 0 Å². The van der Waals surface area contributed by atoms with Crippen LogP contribution in [0.15, 0.2) is 60.7 Å². The van der Waals surface area contributed by atoms with E-state index in [9.17, 15) is 18.0 Å². The van der Waals surface area contributed by atoms with Crippen LogP contribution in [-0.2, 0) is 32.5 Å². The molecule has 0 bridgehead atoms. The predicted molar refractivity (Wildman–Crippen MR) is 111 cm³/mol. The van der Waals surface area contributed by atoms with Crippen molar-refractivity contribution >= 4 is 21.6 Å². The lowest BCUT2D eigenvalue weighted by molar-refractivity contribution is -0.119. The second-order valence-electron chi connectivity index (χ2n) is 6.65. The molecule has 2 unspecified atom stereocenters. The molecule has 160 valence electrons. The van der Waals surface area contributed by atoms with Crippen LogP contribution in [0, 0.1) is 0 Å². The minimum atomic E-state index is -3.36. The number of hydrogen-bond donors (Lipinski definition) is 2. The van der Waals surface area contributed by atoms with E-state index in [1.807, 2.05) is 60.7 Å². The third kappa shape index (κ3) is 12.2. The Hall–Kier alpha value is -2.06. The fourth-order valence-electron chi connectivity index (χ4n) is 2.39. The summed E-state index contributed by atoms with van der Waals surface area (Å²) in [4.78, 5) is 22.1. The average Bonchev–Trinajstić information content (AvgIpc) is 2.62. The minimum Gasteiger partial charge on any atom is -1.00 e. The van der Waals surface area contributed by atoms with E-state index < -0.39 is 16.1 Å². The third-order valence-electron chi connectivity index (χ3n) is 3.95. The first kappa shape index (κ1) is 26.9. The molecule has 8 heteroatoms. The lowest BCUT2D eigenvalue weighted by Crippen LogP contribution is -3.00. The van der Waals surface area contributed by atoms with Crippen LogP contribution in [-0.4, -0.2) is 38.3 Å². The summed E-state index contributed by atoms with van der Waals surface area (Å²) in [5.74, 6) is -0.145. The van der Waals surface area contributed by atoms with Gasteiger partial charge < -0.3 is 18.1 Å². The average molecular weight is 440 g/mol. The van der Waals surface area contributed by atoms with Crippen LogP contribution in [0.3, 0.4) is 0 Å². The molecule has 0 saturated carbocycles. The number of nitrogens with two attached hydrogens (primary N) is 1. The molecule has 2 aromatic rings. The van der Waals surface area contributed by atoms with E-state index in [0.29, 0.717) is 12.8 Å². The summed E-state index contributed by atoms with van der Waals surface area (Å²) in [7, 11) is -3.36. The van der Waals surface area contributed by atoms with E-state index in [4.69, 9.17) is 5.73 Å². The molecule has 0 aliphatic heterocycles. The molecule has 2 atom stereocenters. The molecule has 0 heterocycles. The van der Waals surface area contributed by atoms with Gasteiger partial charge in [0.25, 0.3) is 0 Å². The molecule has 0 radical (unpaired) electrons. The second kappa shape index (κ2) is 13.2. The molecule has 0 amide bonds. The van der Waals surface area contributed by atoms with Gasteiger partial charge in [-0.2, -0.15) is 0 Å². The Labute approximate surface area is 179 Å². The summed E-state index contributed by atoms with van der Waals surface area (Å²) in [6, 6.07) is 18.1. The summed E-state index contributed by atoms with van der Waals surface area (Å²) in [5.41, 5.74) is 7.64. The van der Waals surface area contributed by atoms with Crippen molar-refractivity contribution in [1.29, 1.82) is 0 Å². The highest BCUT2D eigenvalue weighted by Gasteiger charge is 2.18. The standard InChI is InChI=1S/C11H15NO3S.C10H13NO.ClH/c1-9(13)11(12-16(2,14)15)8-10-6-4-3-5-7-10;1-8(12)10(11)7-9-5-3-2-4-6-9;/h3-7,11-12H,8H2,1-2H3;2-6,10H,7,11H2,1H3;1H/p-1. The molecule has 0 aromatic heterocycles. The zero-order chi connectivity index (χ0) is 21.2. The van der Waals surface area contributed by atoms with E-state index in [-0.39, 0.29) is 30.0 Å². The first-order chi connectivity index (χ1) is 13.1. The zero-order valence-electron chi connectivity index (χ0n) is 16.8. The number of rotatable bonds is 8. The summed E-state index contributed by atoms with van der Waals surface area (Å²) in [5, 5.41) is 0. The van der Waals surface area contributed by atoms with Gasteiger partial charge in [0, 0.05) is 0 Å². The van der Waals surface area contributed by atoms with E-state index in [2.05, 4.69) is 4.72 Å². The molecular formula is C21H28ClN2O4S-. The maximum Gasteiger partial charge on any atom is 0.209 e. The Bertz CT molecular complexity index is 859. The predicted octanol–water partition coefficient (Wildman–Crippen LogP) is -1.11.